The Kier molecular flexibility index (Phi) is 5.49. The Morgan fingerprint density at radius 2 is 2.05 bits per heavy atom. The first-order valence-corrected chi connectivity index (χ1v) is 8.50. The lowest BCUT2D eigenvalue weighted by atomic mass is 9.94. The van der Waals surface area contributed by atoms with Crippen molar-refractivity contribution in [2.24, 2.45) is 0 Å². The van der Waals surface area contributed by atoms with Crippen LogP contribution in [0.5, 0.6) is 5.75 Å². The number of benzene rings is 1. The number of amides is 1. The first kappa shape index (κ1) is 15.8. The molecule has 1 amide bonds. The van der Waals surface area contributed by atoms with E-state index < -0.39 is 0 Å². The van der Waals surface area contributed by atoms with E-state index in [-0.39, 0.29) is 11.9 Å². The summed E-state index contributed by atoms with van der Waals surface area (Å²) >= 11 is 7.11. The second-order valence-corrected chi connectivity index (χ2v) is 7.22. The van der Waals surface area contributed by atoms with Gasteiger partial charge in [0.2, 0.25) is 0 Å². The number of methoxy groups -OCH3 is 1. The van der Waals surface area contributed by atoms with Crippen molar-refractivity contribution in [3.63, 3.8) is 0 Å². The summed E-state index contributed by atoms with van der Waals surface area (Å²) in [5.41, 5.74) is 0.614. The molecule has 1 aliphatic carbocycles. The molecule has 5 heteroatoms. The zero-order chi connectivity index (χ0) is 14.7. The molecule has 0 bridgehead atoms. The number of carbonyl (C=O) groups is 1. The third-order valence-electron chi connectivity index (χ3n) is 3.86. The fourth-order valence-electron chi connectivity index (χ4n) is 2.68. The molecule has 0 saturated heterocycles. The fraction of sp³-hybridized carbons (Fsp3) is 0.533. The molecule has 0 heterocycles. The standard InChI is InChI=1S/C15H19Br2NO2/c1-18(13-6-4-3-5-12(13)17)15(19)11-8-7-10(16)9-14(11)20-2/h7-9,12-13H,3-6H2,1-2H3. The van der Waals surface area contributed by atoms with E-state index in [0.717, 1.165) is 17.3 Å². The van der Waals surface area contributed by atoms with Gasteiger partial charge in [-0.25, -0.2) is 0 Å². The maximum Gasteiger partial charge on any atom is 0.257 e. The highest BCUT2D eigenvalue weighted by Gasteiger charge is 2.30. The van der Waals surface area contributed by atoms with Gasteiger partial charge >= 0.3 is 0 Å². The predicted octanol–water partition coefficient (Wildman–Crippen LogP) is 4.24. The average Bonchev–Trinajstić information content (AvgIpc) is 2.46. The summed E-state index contributed by atoms with van der Waals surface area (Å²) < 4.78 is 6.23. The van der Waals surface area contributed by atoms with E-state index in [0.29, 0.717) is 16.1 Å². The quantitative estimate of drug-likeness (QED) is 0.705. The molecule has 0 N–H and O–H groups in total. The van der Waals surface area contributed by atoms with Crippen LogP contribution in [0.4, 0.5) is 0 Å². The highest BCUT2D eigenvalue weighted by molar-refractivity contribution is 9.10. The van der Waals surface area contributed by atoms with Gasteiger partial charge in [0.05, 0.1) is 12.7 Å². The molecule has 20 heavy (non-hydrogen) atoms. The summed E-state index contributed by atoms with van der Waals surface area (Å²) in [4.78, 5) is 14.9. The molecule has 1 aliphatic rings. The van der Waals surface area contributed by atoms with Gasteiger partial charge in [0.15, 0.2) is 0 Å². The van der Waals surface area contributed by atoms with E-state index in [1.165, 1.54) is 12.8 Å². The number of halogens is 2. The molecule has 1 fully saturated rings. The van der Waals surface area contributed by atoms with Gasteiger partial charge in [0.25, 0.3) is 5.91 Å². The molecular weight excluding hydrogens is 386 g/mol. The monoisotopic (exact) mass is 403 g/mol. The van der Waals surface area contributed by atoms with Crippen LogP contribution in [-0.4, -0.2) is 35.8 Å². The molecule has 0 aliphatic heterocycles. The SMILES string of the molecule is COc1cc(Br)ccc1C(=O)N(C)C1CCCCC1Br. The Hall–Kier alpha value is -0.550. The van der Waals surface area contributed by atoms with Crippen LogP contribution >= 0.6 is 31.9 Å². The molecule has 0 spiro atoms. The number of hydrogen-bond acceptors (Lipinski definition) is 2. The molecule has 2 atom stereocenters. The van der Waals surface area contributed by atoms with Crippen LogP contribution in [0.15, 0.2) is 22.7 Å². The summed E-state index contributed by atoms with van der Waals surface area (Å²) in [7, 11) is 3.47. The van der Waals surface area contributed by atoms with Crippen molar-refractivity contribution >= 4 is 37.8 Å². The van der Waals surface area contributed by atoms with Gasteiger partial charge in [0, 0.05) is 22.4 Å². The van der Waals surface area contributed by atoms with Gasteiger partial charge in [-0.3, -0.25) is 4.79 Å². The minimum atomic E-state index is 0.0192. The Bertz CT molecular complexity index is 493. The molecule has 0 radical (unpaired) electrons. The lowest BCUT2D eigenvalue weighted by Gasteiger charge is -2.35. The average molecular weight is 405 g/mol. The summed E-state index contributed by atoms with van der Waals surface area (Å²) in [5.74, 6) is 0.629. The van der Waals surface area contributed by atoms with Crippen LogP contribution in [0.1, 0.15) is 36.0 Å². The number of hydrogen-bond donors (Lipinski definition) is 0. The van der Waals surface area contributed by atoms with Crippen molar-refractivity contribution in [3.8, 4) is 5.75 Å². The van der Waals surface area contributed by atoms with E-state index in [1.54, 1.807) is 7.11 Å². The molecule has 1 aromatic rings. The first-order chi connectivity index (χ1) is 9.54. The predicted molar refractivity (Wildman–Crippen MR) is 87.8 cm³/mol. The van der Waals surface area contributed by atoms with Crippen molar-refractivity contribution in [2.45, 2.75) is 36.6 Å². The summed E-state index contributed by atoms with van der Waals surface area (Å²) in [5, 5.41) is 0. The van der Waals surface area contributed by atoms with Crippen LogP contribution in [0.3, 0.4) is 0 Å². The fourth-order valence-corrected chi connectivity index (χ4v) is 3.97. The van der Waals surface area contributed by atoms with Crippen LogP contribution < -0.4 is 4.74 Å². The van der Waals surface area contributed by atoms with Gasteiger partial charge in [0.1, 0.15) is 5.75 Å². The van der Waals surface area contributed by atoms with Crippen LogP contribution in [-0.2, 0) is 0 Å². The molecule has 1 aromatic carbocycles. The highest BCUT2D eigenvalue weighted by atomic mass is 79.9. The van der Waals surface area contributed by atoms with E-state index in [4.69, 9.17) is 4.74 Å². The van der Waals surface area contributed by atoms with Gasteiger partial charge in [-0.2, -0.15) is 0 Å². The van der Waals surface area contributed by atoms with Gasteiger partial charge in [-0.05, 0) is 31.0 Å². The highest BCUT2D eigenvalue weighted by Crippen LogP contribution is 2.30. The number of ether oxygens (including phenoxy) is 1. The van der Waals surface area contributed by atoms with Crippen molar-refractivity contribution in [1.29, 1.82) is 0 Å². The lowest BCUT2D eigenvalue weighted by Crippen LogP contribution is -2.44. The van der Waals surface area contributed by atoms with Gasteiger partial charge in [-0.15, -0.1) is 0 Å². The third kappa shape index (κ3) is 3.37. The van der Waals surface area contributed by atoms with E-state index in [2.05, 4.69) is 31.9 Å². The molecule has 2 unspecified atom stereocenters. The number of carbonyl (C=O) groups excluding carboxylic acids is 1. The van der Waals surface area contributed by atoms with Crippen molar-refractivity contribution in [2.75, 3.05) is 14.2 Å². The summed E-state index contributed by atoms with van der Waals surface area (Å²) in [6.07, 6.45) is 4.59. The second-order valence-electron chi connectivity index (χ2n) is 5.13. The first-order valence-electron chi connectivity index (χ1n) is 6.79. The minimum Gasteiger partial charge on any atom is -0.496 e. The van der Waals surface area contributed by atoms with Crippen molar-refractivity contribution < 1.29 is 9.53 Å². The van der Waals surface area contributed by atoms with Gasteiger partial charge in [-0.1, -0.05) is 44.7 Å². The van der Waals surface area contributed by atoms with Crippen molar-refractivity contribution in [3.05, 3.63) is 28.2 Å². The largest absolute Gasteiger partial charge is 0.496 e. The Labute approximate surface area is 136 Å². The van der Waals surface area contributed by atoms with E-state index in [9.17, 15) is 4.79 Å². The number of nitrogens with zero attached hydrogens (tertiary/aromatic N) is 1. The molecule has 110 valence electrons. The summed E-state index contributed by atoms with van der Waals surface area (Å²) in [6.45, 7) is 0. The Morgan fingerprint density at radius 1 is 1.35 bits per heavy atom. The molecule has 3 nitrogen and oxygen atoms in total. The van der Waals surface area contributed by atoms with Crippen LogP contribution in [0.25, 0.3) is 0 Å². The zero-order valence-electron chi connectivity index (χ0n) is 11.7. The normalized spacial score (nSPS) is 22.4. The molecular formula is C15H19Br2NO2. The van der Waals surface area contributed by atoms with E-state index in [1.807, 2.05) is 30.1 Å². The zero-order valence-corrected chi connectivity index (χ0v) is 14.9. The smallest absolute Gasteiger partial charge is 0.257 e. The van der Waals surface area contributed by atoms with Gasteiger partial charge < -0.3 is 9.64 Å². The summed E-state index contributed by atoms with van der Waals surface area (Å²) in [6, 6.07) is 5.77. The second kappa shape index (κ2) is 6.94. The number of alkyl halides is 1. The lowest BCUT2D eigenvalue weighted by molar-refractivity contribution is 0.0701. The maximum absolute atomic E-state index is 12.7. The molecule has 1 saturated carbocycles. The number of rotatable bonds is 3. The van der Waals surface area contributed by atoms with Crippen LogP contribution in [0.2, 0.25) is 0 Å². The Morgan fingerprint density at radius 3 is 2.70 bits per heavy atom. The third-order valence-corrected chi connectivity index (χ3v) is 5.42. The topological polar surface area (TPSA) is 29.5 Å². The van der Waals surface area contributed by atoms with Crippen LogP contribution in [0, 0.1) is 0 Å². The van der Waals surface area contributed by atoms with Crippen molar-refractivity contribution in [1.82, 2.24) is 4.90 Å². The molecule has 2 rings (SSSR count). The maximum atomic E-state index is 12.7. The Balaban J connectivity index is 2.22. The minimum absolute atomic E-state index is 0.0192. The molecule has 0 aromatic heterocycles. The van der Waals surface area contributed by atoms with E-state index >= 15 is 0 Å².